The van der Waals surface area contributed by atoms with Crippen LogP contribution in [0.25, 0.3) is 11.4 Å². The quantitative estimate of drug-likeness (QED) is 0.472. The fraction of sp³-hybridized carbons (Fsp3) is 0.542. The predicted octanol–water partition coefficient (Wildman–Crippen LogP) is 4.33. The van der Waals surface area contributed by atoms with Crippen LogP contribution in [-0.2, 0) is 16.0 Å². The highest BCUT2D eigenvalue weighted by molar-refractivity contribution is 7.81. The van der Waals surface area contributed by atoms with Crippen molar-refractivity contribution in [1.29, 1.82) is 0 Å². The molecule has 32 heavy (non-hydrogen) atoms. The highest BCUT2D eigenvalue weighted by Gasteiger charge is 2.45. The lowest BCUT2D eigenvalue weighted by molar-refractivity contribution is 0.0693. The molecule has 1 atom stereocenters. The molecule has 0 radical (unpaired) electrons. The molecule has 0 aromatic carbocycles. The lowest BCUT2D eigenvalue weighted by atomic mass is 9.78. The fourth-order valence-corrected chi connectivity index (χ4v) is 4.31. The number of nitrogens with zero attached hydrogens (tertiary/aromatic N) is 2. The normalized spacial score (nSPS) is 17.8. The van der Waals surface area contributed by atoms with Crippen LogP contribution in [0.2, 0.25) is 0 Å². The maximum absolute atomic E-state index is 12.6. The molecule has 0 aliphatic carbocycles. The topological polar surface area (TPSA) is 90.7 Å². The van der Waals surface area contributed by atoms with Gasteiger partial charge in [-0.25, -0.2) is 9.78 Å². The fourth-order valence-electron chi connectivity index (χ4n) is 3.98. The molecule has 0 bridgehead atoms. The SMILES string of the molecule is COCCCOc1cc2c(nc1C(C)C)-c1cc(=O)c(C(=O)O)cn1[C@@](S)(C(C)(C)C)C2. The molecular weight excluding hydrogens is 428 g/mol. The Kier molecular flexibility index (Phi) is 6.77. The van der Waals surface area contributed by atoms with Crippen molar-refractivity contribution in [3.63, 3.8) is 0 Å². The largest absolute Gasteiger partial charge is 0.492 e. The summed E-state index contributed by atoms with van der Waals surface area (Å²) in [6.07, 6.45) is 2.68. The molecule has 1 N–H and O–H groups in total. The minimum Gasteiger partial charge on any atom is -0.492 e. The number of methoxy groups -OCH3 is 1. The van der Waals surface area contributed by atoms with Crippen LogP contribution in [0.4, 0.5) is 0 Å². The Morgan fingerprint density at radius 3 is 2.56 bits per heavy atom. The highest BCUT2D eigenvalue weighted by Crippen LogP contribution is 2.50. The van der Waals surface area contributed by atoms with Gasteiger partial charge in [-0.2, -0.15) is 12.6 Å². The summed E-state index contributed by atoms with van der Waals surface area (Å²) in [6.45, 7) is 11.3. The summed E-state index contributed by atoms with van der Waals surface area (Å²) in [5.74, 6) is -0.435. The van der Waals surface area contributed by atoms with Gasteiger partial charge in [0.15, 0.2) is 5.43 Å². The third-order valence-electron chi connectivity index (χ3n) is 5.95. The van der Waals surface area contributed by atoms with Gasteiger partial charge in [0.2, 0.25) is 0 Å². The molecular formula is C24H32N2O5S. The van der Waals surface area contributed by atoms with Gasteiger partial charge in [-0.3, -0.25) is 4.79 Å². The van der Waals surface area contributed by atoms with Gasteiger partial charge in [-0.05, 0) is 23.0 Å². The van der Waals surface area contributed by atoms with Crippen LogP contribution in [0.5, 0.6) is 5.75 Å². The van der Waals surface area contributed by atoms with E-state index in [2.05, 4.69) is 0 Å². The molecule has 2 aromatic heterocycles. The van der Waals surface area contributed by atoms with E-state index in [1.807, 2.05) is 40.7 Å². The summed E-state index contributed by atoms with van der Waals surface area (Å²) in [7, 11) is 1.66. The van der Waals surface area contributed by atoms with Crippen molar-refractivity contribution < 1.29 is 19.4 Å². The summed E-state index contributed by atoms with van der Waals surface area (Å²) in [5, 5.41) is 9.53. The average Bonchev–Trinajstić information content (AvgIpc) is 2.69. The molecule has 0 spiro atoms. The molecule has 0 saturated carbocycles. The molecule has 1 aliphatic heterocycles. The van der Waals surface area contributed by atoms with Gasteiger partial charge < -0.3 is 19.1 Å². The first-order chi connectivity index (χ1) is 14.9. The first kappa shape index (κ1) is 24.3. The van der Waals surface area contributed by atoms with Crippen LogP contribution >= 0.6 is 12.6 Å². The predicted molar refractivity (Wildman–Crippen MR) is 127 cm³/mol. The van der Waals surface area contributed by atoms with Gasteiger partial charge in [-0.15, -0.1) is 0 Å². The second-order valence-corrected chi connectivity index (χ2v) is 10.3. The maximum atomic E-state index is 12.6. The van der Waals surface area contributed by atoms with Crippen LogP contribution in [0, 0.1) is 5.41 Å². The van der Waals surface area contributed by atoms with Crippen LogP contribution in [0.1, 0.15) is 68.6 Å². The first-order valence-electron chi connectivity index (χ1n) is 10.8. The number of ether oxygens (including phenoxy) is 2. The van der Waals surface area contributed by atoms with Crippen molar-refractivity contribution in [1.82, 2.24) is 9.55 Å². The third-order valence-corrected chi connectivity index (χ3v) is 7.00. The van der Waals surface area contributed by atoms with Gasteiger partial charge in [0, 0.05) is 38.8 Å². The van der Waals surface area contributed by atoms with Gasteiger partial charge in [0.25, 0.3) is 0 Å². The van der Waals surface area contributed by atoms with E-state index in [0.717, 1.165) is 23.4 Å². The Bertz CT molecular complexity index is 1090. The molecule has 8 heteroatoms. The standard InChI is InChI=1S/C24H32N2O5S/c1-14(2)20-19(31-9-7-8-30-6)10-15-12-24(32,23(3,4)5)26-13-16(22(28)29)18(27)11-17(26)21(15)25-20/h10-11,13-14,32H,7-9,12H2,1-6H3,(H,28,29)/t24-/m0/s1. The summed E-state index contributed by atoms with van der Waals surface area (Å²) >= 11 is 5.07. The minimum atomic E-state index is -1.25. The second kappa shape index (κ2) is 8.90. The van der Waals surface area contributed by atoms with Crippen molar-refractivity contribution in [2.75, 3.05) is 20.3 Å². The number of hydrogen-bond acceptors (Lipinski definition) is 6. The van der Waals surface area contributed by atoms with E-state index in [1.54, 1.807) is 11.7 Å². The molecule has 0 fully saturated rings. The summed E-state index contributed by atoms with van der Waals surface area (Å²) in [5.41, 5.74) is 1.77. The van der Waals surface area contributed by atoms with Crippen molar-refractivity contribution in [2.24, 2.45) is 5.41 Å². The van der Waals surface area contributed by atoms with Crippen LogP contribution < -0.4 is 10.2 Å². The molecule has 3 heterocycles. The number of carboxylic acids is 1. The Morgan fingerprint density at radius 2 is 2.00 bits per heavy atom. The van der Waals surface area contributed by atoms with Crippen molar-refractivity contribution in [2.45, 2.75) is 58.2 Å². The van der Waals surface area contributed by atoms with E-state index in [4.69, 9.17) is 27.1 Å². The zero-order chi connectivity index (χ0) is 23.8. The molecule has 3 rings (SSSR count). The zero-order valence-corrected chi connectivity index (χ0v) is 20.5. The lowest BCUT2D eigenvalue weighted by Crippen LogP contribution is -2.46. The average molecular weight is 461 g/mol. The van der Waals surface area contributed by atoms with E-state index in [-0.39, 0.29) is 16.9 Å². The number of fused-ring (bicyclic) bond motifs is 3. The van der Waals surface area contributed by atoms with E-state index in [9.17, 15) is 14.7 Å². The van der Waals surface area contributed by atoms with Gasteiger partial charge >= 0.3 is 5.97 Å². The van der Waals surface area contributed by atoms with E-state index in [0.29, 0.717) is 31.0 Å². The van der Waals surface area contributed by atoms with Crippen molar-refractivity contribution in [3.05, 3.63) is 45.4 Å². The van der Waals surface area contributed by atoms with Gasteiger partial charge in [-0.1, -0.05) is 34.6 Å². The zero-order valence-electron chi connectivity index (χ0n) is 19.6. The third kappa shape index (κ3) is 4.30. The number of aromatic carboxylic acids is 1. The summed E-state index contributed by atoms with van der Waals surface area (Å²) in [6, 6.07) is 3.37. The maximum Gasteiger partial charge on any atom is 0.341 e. The van der Waals surface area contributed by atoms with Crippen molar-refractivity contribution >= 4 is 18.6 Å². The van der Waals surface area contributed by atoms with Crippen LogP contribution in [-0.4, -0.2) is 41.0 Å². The smallest absolute Gasteiger partial charge is 0.341 e. The number of carbonyl (C=O) groups is 1. The Labute approximate surface area is 194 Å². The number of thiol groups is 1. The lowest BCUT2D eigenvalue weighted by Gasteiger charge is -2.47. The van der Waals surface area contributed by atoms with E-state index in [1.165, 1.54) is 12.3 Å². The molecule has 0 saturated heterocycles. The molecule has 174 valence electrons. The van der Waals surface area contributed by atoms with Crippen LogP contribution in [0.15, 0.2) is 23.1 Å². The molecule has 2 aromatic rings. The monoisotopic (exact) mass is 460 g/mol. The van der Waals surface area contributed by atoms with Crippen LogP contribution in [0.3, 0.4) is 0 Å². The number of rotatable bonds is 7. The number of hydrogen-bond donors (Lipinski definition) is 2. The number of pyridine rings is 2. The van der Waals surface area contributed by atoms with Gasteiger partial charge in [0.05, 0.1) is 28.6 Å². The first-order valence-corrected chi connectivity index (χ1v) is 11.2. The Balaban J connectivity index is 2.24. The Hall–Kier alpha value is -2.32. The second-order valence-electron chi connectivity index (χ2n) is 9.58. The summed E-state index contributed by atoms with van der Waals surface area (Å²) in [4.78, 5) is 28.4. The molecule has 0 amide bonds. The summed E-state index contributed by atoms with van der Waals surface area (Å²) < 4.78 is 13.0. The van der Waals surface area contributed by atoms with Crippen molar-refractivity contribution in [3.8, 4) is 17.1 Å². The Morgan fingerprint density at radius 1 is 1.31 bits per heavy atom. The van der Waals surface area contributed by atoms with E-state index < -0.39 is 16.3 Å². The highest BCUT2D eigenvalue weighted by atomic mass is 32.1. The molecule has 1 aliphatic rings. The molecule has 7 nitrogen and oxygen atoms in total. The number of aromatic nitrogens is 2. The van der Waals surface area contributed by atoms with E-state index >= 15 is 0 Å². The molecule has 0 unspecified atom stereocenters. The van der Waals surface area contributed by atoms with Gasteiger partial charge in [0.1, 0.15) is 11.3 Å². The number of carboxylic acid groups (broad SMARTS) is 1. The minimum absolute atomic E-state index is 0.0986.